The smallest absolute Gasteiger partial charge is 0.315 e. The van der Waals surface area contributed by atoms with E-state index in [4.69, 9.17) is 0 Å². The van der Waals surface area contributed by atoms with Crippen molar-refractivity contribution in [3.05, 3.63) is 53.9 Å². The van der Waals surface area contributed by atoms with Crippen LogP contribution in [0.1, 0.15) is 30.4 Å². The van der Waals surface area contributed by atoms with Gasteiger partial charge in [0.15, 0.2) is 0 Å². The standard InChI is InChI=1S/C18H23N5O2/c24-17-16(8-3-4-9-19-17)22-18(25)20-12-14-6-1-2-7-15(14)13-23-11-5-10-21-23/h1-2,5-7,10-11,16H,3-4,8-9,12-13H2,(H,19,24)(H2,20,22,25)/t16-/m1/s1. The van der Waals surface area contributed by atoms with Gasteiger partial charge in [-0.15, -0.1) is 0 Å². The van der Waals surface area contributed by atoms with Gasteiger partial charge in [-0.1, -0.05) is 24.3 Å². The molecule has 0 spiro atoms. The summed E-state index contributed by atoms with van der Waals surface area (Å²) in [6.45, 7) is 1.73. The van der Waals surface area contributed by atoms with Gasteiger partial charge in [-0.05, 0) is 36.5 Å². The second-order valence-corrected chi connectivity index (χ2v) is 6.14. The normalized spacial score (nSPS) is 17.4. The molecule has 0 unspecified atom stereocenters. The first kappa shape index (κ1) is 17.0. The maximum Gasteiger partial charge on any atom is 0.315 e. The predicted molar refractivity (Wildman–Crippen MR) is 93.8 cm³/mol. The van der Waals surface area contributed by atoms with Gasteiger partial charge in [0.2, 0.25) is 5.91 Å². The monoisotopic (exact) mass is 341 g/mol. The van der Waals surface area contributed by atoms with Crippen molar-refractivity contribution in [1.29, 1.82) is 0 Å². The van der Waals surface area contributed by atoms with Crippen LogP contribution in [-0.2, 0) is 17.9 Å². The highest BCUT2D eigenvalue weighted by Gasteiger charge is 2.22. The van der Waals surface area contributed by atoms with Crippen LogP contribution in [0.5, 0.6) is 0 Å². The lowest BCUT2D eigenvalue weighted by atomic mass is 10.1. The molecule has 1 atom stereocenters. The van der Waals surface area contributed by atoms with Crippen molar-refractivity contribution < 1.29 is 9.59 Å². The minimum atomic E-state index is -0.457. The largest absolute Gasteiger partial charge is 0.354 e. The van der Waals surface area contributed by atoms with Gasteiger partial charge in [0, 0.05) is 25.5 Å². The summed E-state index contributed by atoms with van der Waals surface area (Å²) in [7, 11) is 0. The predicted octanol–water partition coefficient (Wildman–Crippen LogP) is 1.40. The molecule has 7 nitrogen and oxygen atoms in total. The first-order valence-electron chi connectivity index (χ1n) is 8.58. The number of nitrogens with zero attached hydrogens (tertiary/aromatic N) is 2. The Morgan fingerprint density at radius 2 is 2.08 bits per heavy atom. The maximum absolute atomic E-state index is 12.2. The number of aromatic nitrogens is 2. The number of hydrogen-bond acceptors (Lipinski definition) is 3. The third kappa shape index (κ3) is 4.82. The molecule has 0 aliphatic carbocycles. The van der Waals surface area contributed by atoms with E-state index in [9.17, 15) is 9.59 Å². The molecule has 25 heavy (non-hydrogen) atoms. The molecule has 3 rings (SSSR count). The summed E-state index contributed by atoms with van der Waals surface area (Å²) in [4.78, 5) is 24.0. The first-order valence-corrected chi connectivity index (χ1v) is 8.58. The lowest BCUT2D eigenvalue weighted by Gasteiger charge is -2.16. The quantitative estimate of drug-likeness (QED) is 0.768. The fourth-order valence-corrected chi connectivity index (χ4v) is 2.91. The first-order chi connectivity index (χ1) is 12.2. The zero-order chi connectivity index (χ0) is 17.5. The van der Waals surface area contributed by atoms with Crippen LogP contribution in [0.3, 0.4) is 0 Å². The van der Waals surface area contributed by atoms with Crippen molar-refractivity contribution in [3.8, 4) is 0 Å². The highest BCUT2D eigenvalue weighted by molar-refractivity contribution is 5.87. The second kappa shape index (κ2) is 8.32. The highest BCUT2D eigenvalue weighted by Crippen LogP contribution is 2.10. The molecule has 1 aliphatic rings. The fraction of sp³-hybridized carbons (Fsp3) is 0.389. The fourth-order valence-electron chi connectivity index (χ4n) is 2.91. The van der Waals surface area contributed by atoms with Gasteiger partial charge in [0.1, 0.15) is 6.04 Å². The maximum atomic E-state index is 12.2. The number of carbonyl (C=O) groups is 2. The zero-order valence-corrected chi connectivity index (χ0v) is 14.1. The summed E-state index contributed by atoms with van der Waals surface area (Å²) < 4.78 is 1.84. The molecule has 3 amide bonds. The molecular weight excluding hydrogens is 318 g/mol. The highest BCUT2D eigenvalue weighted by atomic mass is 16.2. The van der Waals surface area contributed by atoms with Crippen LogP contribution < -0.4 is 16.0 Å². The van der Waals surface area contributed by atoms with E-state index in [1.54, 1.807) is 6.20 Å². The van der Waals surface area contributed by atoms with E-state index in [1.165, 1.54) is 0 Å². The van der Waals surface area contributed by atoms with Gasteiger partial charge in [-0.3, -0.25) is 9.48 Å². The number of nitrogens with one attached hydrogen (secondary N) is 3. The van der Waals surface area contributed by atoms with Crippen molar-refractivity contribution in [2.24, 2.45) is 0 Å². The van der Waals surface area contributed by atoms with Gasteiger partial charge in [0.05, 0.1) is 6.54 Å². The molecule has 1 aromatic carbocycles. The van der Waals surface area contributed by atoms with Crippen LogP contribution in [0.2, 0.25) is 0 Å². The summed E-state index contributed by atoms with van der Waals surface area (Å²) in [5.74, 6) is -0.105. The summed E-state index contributed by atoms with van der Waals surface area (Å²) in [5, 5.41) is 12.6. The van der Waals surface area contributed by atoms with E-state index in [2.05, 4.69) is 21.0 Å². The third-order valence-corrected chi connectivity index (χ3v) is 4.29. The molecule has 0 saturated carbocycles. The lowest BCUT2D eigenvalue weighted by Crippen LogP contribution is -2.48. The Bertz CT molecular complexity index is 714. The molecule has 132 valence electrons. The number of hydrogen-bond donors (Lipinski definition) is 3. The minimum Gasteiger partial charge on any atom is -0.354 e. The van der Waals surface area contributed by atoms with E-state index in [-0.39, 0.29) is 11.9 Å². The van der Waals surface area contributed by atoms with Crippen LogP contribution in [0.15, 0.2) is 42.7 Å². The Morgan fingerprint density at radius 1 is 1.24 bits per heavy atom. The molecule has 0 bridgehead atoms. The number of benzene rings is 1. The topological polar surface area (TPSA) is 88.1 Å². The summed E-state index contributed by atoms with van der Waals surface area (Å²) in [6, 6.07) is 9.02. The van der Waals surface area contributed by atoms with Gasteiger partial charge >= 0.3 is 6.03 Å². The van der Waals surface area contributed by atoms with Gasteiger partial charge in [0.25, 0.3) is 0 Å². The Balaban J connectivity index is 1.56. The van der Waals surface area contributed by atoms with E-state index >= 15 is 0 Å². The van der Waals surface area contributed by atoms with Crippen LogP contribution in [0.25, 0.3) is 0 Å². The van der Waals surface area contributed by atoms with Crippen molar-refractivity contribution in [1.82, 2.24) is 25.7 Å². The van der Waals surface area contributed by atoms with Crippen LogP contribution in [0, 0.1) is 0 Å². The Labute approximate surface area is 146 Å². The average Bonchev–Trinajstić information content (AvgIpc) is 3.04. The van der Waals surface area contributed by atoms with Crippen molar-refractivity contribution in [2.45, 2.75) is 38.4 Å². The van der Waals surface area contributed by atoms with Crippen LogP contribution >= 0.6 is 0 Å². The molecule has 1 saturated heterocycles. The Kier molecular flexibility index (Phi) is 5.66. The lowest BCUT2D eigenvalue weighted by molar-refractivity contribution is -0.122. The number of urea groups is 1. The number of amides is 3. The van der Waals surface area contributed by atoms with Crippen molar-refractivity contribution >= 4 is 11.9 Å². The SMILES string of the molecule is O=C(NCc1ccccc1Cn1cccn1)N[C@@H]1CCCCNC1=O. The van der Waals surface area contributed by atoms with Gasteiger partial charge < -0.3 is 16.0 Å². The second-order valence-electron chi connectivity index (χ2n) is 6.14. The van der Waals surface area contributed by atoms with E-state index < -0.39 is 6.04 Å². The van der Waals surface area contributed by atoms with E-state index in [0.717, 1.165) is 24.0 Å². The molecule has 3 N–H and O–H groups in total. The van der Waals surface area contributed by atoms with Crippen LogP contribution in [0.4, 0.5) is 4.79 Å². The van der Waals surface area contributed by atoms with Crippen molar-refractivity contribution in [2.75, 3.05) is 6.54 Å². The summed E-state index contributed by atoms with van der Waals surface area (Å²) >= 11 is 0. The molecular formula is C18H23N5O2. The van der Waals surface area contributed by atoms with Crippen LogP contribution in [-0.4, -0.2) is 34.3 Å². The summed E-state index contributed by atoms with van der Waals surface area (Å²) in [5.41, 5.74) is 2.12. The van der Waals surface area contributed by atoms with E-state index in [1.807, 2.05) is 41.2 Å². The average molecular weight is 341 g/mol. The Morgan fingerprint density at radius 3 is 2.88 bits per heavy atom. The molecule has 1 fully saturated rings. The number of rotatable bonds is 5. The van der Waals surface area contributed by atoms with Gasteiger partial charge in [-0.25, -0.2) is 4.79 Å². The molecule has 7 heteroatoms. The molecule has 2 heterocycles. The van der Waals surface area contributed by atoms with Gasteiger partial charge in [-0.2, -0.15) is 5.10 Å². The molecule has 2 aromatic rings. The number of carbonyl (C=O) groups excluding carboxylic acids is 2. The van der Waals surface area contributed by atoms with Crippen molar-refractivity contribution in [3.63, 3.8) is 0 Å². The summed E-state index contributed by atoms with van der Waals surface area (Å²) in [6.07, 6.45) is 6.20. The Hall–Kier alpha value is -2.83. The molecule has 0 radical (unpaired) electrons. The third-order valence-electron chi connectivity index (χ3n) is 4.29. The zero-order valence-electron chi connectivity index (χ0n) is 14.1. The minimum absolute atomic E-state index is 0.105. The molecule has 1 aromatic heterocycles. The van der Waals surface area contributed by atoms with E-state index in [0.29, 0.717) is 26.1 Å². The molecule has 1 aliphatic heterocycles.